The summed E-state index contributed by atoms with van der Waals surface area (Å²) >= 11 is 0. The minimum atomic E-state index is -0.0430. The minimum Gasteiger partial charge on any atom is -0.390 e. The van der Waals surface area contributed by atoms with Crippen molar-refractivity contribution in [3.05, 3.63) is 18.1 Å². The maximum absolute atomic E-state index is 9.00. The van der Waals surface area contributed by atoms with E-state index in [-0.39, 0.29) is 6.61 Å². The van der Waals surface area contributed by atoms with Gasteiger partial charge in [-0.25, -0.2) is 4.98 Å². The fraction of sp³-hybridized carbons (Fsp3) is 0.636. The van der Waals surface area contributed by atoms with Gasteiger partial charge in [0.1, 0.15) is 5.82 Å². The van der Waals surface area contributed by atoms with Crippen molar-refractivity contribution in [3.8, 4) is 0 Å². The van der Waals surface area contributed by atoms with Crippen LogP contribution in [0.15, 0.2) is 12.4 Å². The second kappa shape index (κ2) is 4.14. The zero-order valence-electron chi connectivity index (χ0n) is 9.22. The van der Waals surface area contributed by atoms with Crippen molar-refractivity contribution in [3.63, 3.8) is 0 Å². The Morgan fingerprint density at radius 2 is 2.27 bits per heavy atom. The summed E-state index contributed by atoms with van der Waals surface area (Å²) in [5.41, 5.74) is 0.638. The van der Waals surface area contributed by atoms with Crippen LogP contribution < -0.4 is 4.90 Å². The summed E-state index contributed by atoms with van der Waals surface area (Å²) in [5, 5.41) is 9.00. The molecule has 4 nitrogen and oxygen atoms in total. The number of hydrogen-bond donors (Lipinski definition) is 1. The monoisotopic (exact) mass is 207 g/mol. The van der Waals surface area contributed by atoms with Crippen LogP contribution in [0, 0.1) is 5.92 Å². The molecule has 0 aliphatic carbocycles. The van der Waals surface area contributed by atoms with E-state index in [0.29, 0.717) is 17.7 Å². The molecule has 0 saturated carbocycles. The highest BCUT2D eigenvalue weighted by Crippen LogP contribution is 2.26. The third kappa shape index (κ3) is 2.09. The minimum absolute atomic E-state index is 0.0430. The van der Waals surface area contributed by atoms with E-state index in [0.717, 1.165) is 12.4 Å². The standard InChI is InChI=1S/C11H17N3O/c1-8-3-9(2)14(6-8)11-5-12-4-10(7-15)13-11/h4-5,8-9,15H,3,6-7H2,1-2H3. The van der Waals surface area contributed by atoms with Crippen LogP contribution in [-0.4, -0.2) is 27.7 Å². The fourth-order valence-electron chi connectivity index (χ4n) is 2.23. The number of aliphatic hydroxyl groups is 1. The Hall–Kier alpha value is -1.16. The number of anilines is 1. The lowest BCUT2D eigenvalue weighted by Gasteiger charge is -2.22. The van der Waals surface area contributed by atoms with Crippen LogP contribution in [0.4, 0.5) is 5.82 Å². The van der Waals surface area contributed by atoms with Crippen molar-refractivity contribution >= 4 is 5.82 Å². The number of aliphatic hydroxyl groups excluding tert-OH is 1. The highest BCUT2D eigenvalue weighted by Gasteiger charge is 2.27. The van der Waals surface area contributed by atoms with Crippen LogP contribution in [0.5, 0.6) is 0 Å². The second-order valence-electron chi connectivity index (χ2n) is 4.37. The van der Waals surface area contributed by atoms with E-state index in [1.165, 1.54) is 6.42 Å². The molecule has 1 aliphatic heterocycles. The van der Waals surface area contributed by atoms with E-state index in [4.69, 9.17) is 5.11 Å². The van der Waals surface area contributed by atoms with Gasteiger partial charge >= 0.3 is 0 Å². The number of hydrogen-bond acceptors (Lipinski definition) is 4. The van der Waals surface area contributed by atoms with Gasteiger partial charge in [0.2, 0.25) is 0 Å². The summed E-state index contributed by atoms with van der Waals surface area (Å²) < 4.78 is 0. The van der Waals surface area contributed by atoms with Crippen LogP contribution in [0.2, 0.25) is 0 Å². The molecule has 0 spiro atoms. The Bertz CT molecular complexity index is 342. The normalized spacial score (nSPS) is 25.9. The van der Waals surface area contributed by atoms with Gasteiger partial charge in [-0.1, -0.05) is 6.92 Å². The van der Waals surface area contributed by atoms with Crippen LogP contribution in [0.1, 0.15) is 26.0 Å². The SMILES string of the molecule is CC1CC(C)N(c2cncc(CO)n2)C1. The van der Waals surface area contributed by atoms with Crippen molar-refractivity contribution in [2.75, 3.05) is 11.4 Å². The van der Waals surface area contributed by atoms with E-state index in [1.807, 2.05) is 0 Å². The number of nitrogens with zero attached hydrogens (tertiary/aromatic N) is 3. The Morgan fingerprint density at radius 1 is 1.47 bits per heavy atom. The van der Waals surface area contributed by atoms with E-state index >= 15 is 0 Å². The summed E-state index contributed by atoms with van der Waals surface area (Å²) in [4.78, 5) is 10.7. The van der Waals surface area contributed by atoms with Gasteiger partial charge in [0.05, 0.1) is 24.7 Å². The van der Waals surface area contributed by atoms with Crippen molar-refractivity contribution in [1.29, 1.82) is 0 Å². The lowest BCUT2D eigenvalue weighted by atomic mass is 10.1. The quantitative estimate of drug-likeness (QED) is 0.791. The van der Waals surface area contributed by atoms with Gasteiger partial charge in [-0.05, 0) is 19.3 Å². The first-order chi connectivity index (χ1) is 7.20. The average Bonchev–Trinajstić information content (AvgIpc) is 2.58. The summed E-state index contributed by atoms with van der Waals surface area (Å²) in [5.74, 6) is 1.60. The van der Waals surface area contributed by atoms with Crippen LogP contribution >= 0.6 is 0 Å². The Labute approximate surface area is 90.0 Å². The van der Waals surface area contributed by atoms with Gasteiger partial charge in [-0.3, -0.25) is 4.98 Å². The van der Waals surface area contributed by atoms with Gasteiger partial charge in [0.15, 0.2) is 0 Å². The van der Waals surface area contributed by atoms with Gasteiger partial charge in [-0.15, -0.1) is 0 Å². The molecule has 2 unspecified atom stereocenters. The molecule has 2 heterocycles. The van der Waals surface area contributed by atoms with E-state index in [9.17, 15) is 0 Å². The fourth-order valence-corrected chi connectivity index (χ4v) is 2.23. The molecular weight excluding hydrogens is 190 g/mol. The Balaban J connectivity index is 2.21. The van der Waals surface area contributed by atoms with Gasteiger partial charge in [0.25, 0.3) is 0 Å². The first-order valence-corrected chi connectivity index (χ1v) is 5.39. The Kier molecular flexibility index (Phi) is 2.86. The molecule has 1 N–H and O–H groups in total. The Morgan fingerprint density at radius 3 is 2.87 bits per heavy atom. The molecule has 0 aromatic carbocycles. The van der Waals surface area contributed by atoms with Crippen molar-refractivity contribution in [2.24, 2.45) is 5.92 Å². The predicted molar refractivity (Wildman–Crippen MR) is 58.5 cm³/mol. The van der Waals surface area contributed by atoms with Crippen LogP contribution in [0.25, 0.3) is 0 Å². The molecule has 1 aliphatic rings. The molecule has 0 radical (unpaired) electrons. The topological polar surface area (TPSA) is 49.2 Å². The van der Waals surface area contributed by atoms with Crippen molar-refractivity contribution in [1.82, 2.24) is 9.97 Å². The van der Waals surface area contributed by atoms with E-state index < -0.39 is 0 Å². The maximum atomic E-state index is 9.00. The van der Waals surface area contributed by atoms with Gasteiger partial charge < -0.3 is 10.0 Å². The first-order valence-electron chi connectivity index (χ1n) is 5.39. The molecular formula is C11H17N3O. The van der Waals surface area contributed by atoms with Gasteiger partial charge in [0, 0.05) is 12.6 Å². The molecule has 4 heteroatoms. The summed E-state index contributed by atoms with van der Waals surface area (Å²) in [6.45, 7) is 5.44. The molecule has 1 aromatic rings. The van der Waals surface area contributed by atoms with E-state index in [2.05, 4.69) is 28.7 Å². The summed E-state index contributed by atoms with van der Waals surface area (Å²) in [6, 6.07) is 0.517. The van der Waals surface area contributed by atoms with Crippen LogP contribution in [-0.2, 0) is 6.61 Å². The van der Waals surface area contributed by atoms with Crippen molar-refractivity contribution in [2.45, 2.75) is 32.9 Å². The number of aromatic nitrogens is 2. The molecule has 1 fully saturated rings. The van der Waals surface area contributed by atoms with Crippen molar-refractivity contribution < 1.29 is 5.11 Å². The second-order valence-corrected chi connectivity index (χ2v) is 4.37. The average molecular weight is 207 g/mol. The first kappa shape index (κ1) is 10.4. The zero-order valence-corrected chi connectivity index (χ0v) is 9.22. The molecule has 0 amide bonds. The molecule has 82 valence electrons. The maximum Gasteiger partial charge on any atom is 0.147 e. The lowest BCUT2D eigenvalue weighted by molar-refractivity contribution is 0.276. The van der Waals surface area contributed by atoms with E-state index in [1.54, 1.807) is 12.4 Å². The summed E-state index contributed by atoms with van der Waals surface area (Å²) in [6.07, 6.45) is 4.58. The third-order valence-corrected chi connectivity index (χ3v) is 2.91. The zero-order chi connectivity index (χ0) is 10.8. The number of rotatable bonds is 2. The smallest absolute Gasteiger partial charge is 0.147 e. The summed E-state index contributed by atoms with van der Waals surface area (Å²) in [7, 11) is 0. The molecule has 0 bridgehead atoms. The third-order valence-electron chi connectivity index (χ3n) is 2.91. The molecule has 2 rings (SSSR count). The highest BCUT2D eigenvalue weighted by molar-refractivity contribution is 5.39. The lowest BCUT2D eigenvalue weighted by Crippen LogP contribution is -2.27. The molecule has 2 atom stereocenters. The molecule has 15 heavy (non-hydrogen) atoms. The van der Waals surface area contributed by atoms with Crippen LogP contribution in [0.3, 0.4) is 0 Å². The largest absolute Gasteiger partial charge is 0.390 e. The molecule has 1 aromatic heterocycles. The van der Waals surface area contributed by atoms with Gasteiger partial charge in [-0.2, -0.15) is 0 Å². The highest BCUT2D eigenvalue weighted by atomic mass is 16.3. The predicted octanol–water partition coefficient (Wildman–Crippen LogP) is 1.20. The molecule has 1 saturated heterocycles.